The van der Waals surface area contributed by atoms with Crippen molar-refractivity contribution in [1.29, 1.82) is 0 Å². The van der Waals surface area contributed by atoms with Gasteiger partial charge in [-0.1, -0.05) is 31.1 Å². The van der Waals surface area contributed by atoms with Crippen LogP contribution in [0.4, 0.5) is 5.69 Å². The highest BCUT2D eigenvalue weighted by atomic mass is 16.5. The maximum atomic E-state index is 5.37. The van der Waals surface area contributed by atoms with Gasteiger partial charge in [-0.3, -0.25) is 4.90 Å². The first kappa shape index (κ1) is 18.9. The van der Waals surface area contributed by atoms with Crippen LogP contribution in [-0.2, 0) is 6.54 Å². The Balaban J connectivity index is 1.38. The molecule has 0 atom stereocenters. The molecule has 1 N–H and O–H groups in total. The van der Waals surface area contributed by atoms with Crippen LogP contribution >= 0.6 is 0 Å². The van der Waals surface area contributed by atoms with Gasteiger partial charge < -0.3 is 14.7 Å². The molecule has 1 aromatic heterocycles. The normalized spacial score (nSPS) is 15.8. The van der Waals surface area contributed by atoms with E-state index in [0.717, 1.165) is 57.3 Å². The molecule has 5 heteroatoms. The second kappa shape index (κ2) is 8.69. The van der Waals surface area contributed by atoms with Gasteiger partial charge in [0.1, 0.15) is 0 Å². The predicted octanol–water partition coefficient (Wildman–Crippen LogP) is 3.33. The zero-order valence-electron chi connectivity index (χ0n) is 16.6. The van der Waals surface area contributed by atoms with Crippen molar-refractivity contribution in [3.8, 4) is 0 Å². The third kappa shape index (κ3) is 4.65. The summed E-state index contributed by atoms with van der Waals surface area (Å²) in [5.74, 6) is 1.34. The van der Waals surface area contributed by atoms with Crippen molar-refractivity contribution >= 4 is 5.69 Å². The Morgan fingerprint density at radius 2 is 1.92 bits per heavy atom. The highest BCUT2D eigenvalue weighted by Gasteiger charge is 2.18. The maximum absolute atomic E-state index is 5.37. The van der Waals surface area contributed by atoms with E-state index in [1.165, 1.54) is 16.8 Å². The summed E-state index contributed by atoms with van der Waals surface area (Å²) in [5, 5.41) is 7.58. The molecule has 1 aliphatic heterocycles. The Hall–Kier alpha value is -1.85. The zero-order chi connectivity index (χ0) is 18.5. The van der Waals surface area contributed by atoms with E-state index in [9.17, 15) is 0 Å². The number of nitrogens with one attached hydrogen (secondary N) is 1. The summed E-state index contributed by atoms with van der Waals surface area (Å²) in [6.07, 6.45) is 0. The van der Waals surface area contributed by atoms with Crippen molar-refractivity contribution in [3.05, 3.63) is 46.8 Å². The lowest BCUT2D eigenvalue weighted by atomic mass is 10.1. The molecule has 0 saturated carbocycles. The van der Waals surface area contributed by atoms with Crippen molar-refractivity contribution in [2.45, 2.75) is 40.2 Å². The second-order valence-electron chi connectivity index (χ2n) is 7.60. The Bertz CT molecular complexity index is 702. The van der Waals surface area contributed by atoms with Crippen molar-refractivity contribution in [3.63, 3.8) is 0 Å². The molecule has 2 aromatic rings. The van der Waals surface area contributed by atoms with E-state index in [-0.39, 0.29) is 0 Å². The number of rotatable bonds is 7. The fourth-order valence-corrected chi connectivity index (χ4v) is 3.42. The minimum atomic E-state index is 0.417. The molecule has 0 unspecified atom stereocenters. The highest BCUT2D eigenvalue weighted by Crippen LogP contribution is 2.23. The number of nitrogens with zero attached hydrogens (tertiary/aromatic N) is 3. The fraction of sp³-hybridized carbons (Fsp3) is 0.571. The van der Waals surface area contributed by atoms with Crippen LogP contribution in [0.15, 0.2) is 28.8 Å². The molecule has 1 saturated heterocycles. The van der Waals surface area contributed by atoms with Gasteiger partial charge >= 0.3 is 0 Å². The summed E-state index contributed by atoms with van der Waals surface area (Å²) in [6, 6.07) is 8.67. The van der Waals surface area contributed by atoms with Gasteiger partial charge in [-0.05, 0) is 37.0 Å². The molecule has 1 fully saturated rings. The average Bonchev–Trinajstić information content (AvgIpc) is 3.11. The summed E-state index contributed by atoms with van der Waals surface area (Å²) in [7, 11) is 0. The van der Waals surface area contributed by atoms with Gasteiger partial charge in [-0.2, -0.15) is 0 Å². The molecule has 3 rings (SSSR count). The minimum Gasteiger partial charge on any atom is -0.369 e. The van der Waals surface area contributed by atoms with Gasteiger partial charge in [-0.15, -0.1) is 0 Å². The number of benzene rings is 1. The second-order valence-corrected chi connectivity index (χ2v) is 7.60. The summed E-state index contributed by atoms with van der Waals surface area (Å²) < 4.78 is 5.37. The van der Waals surface area contributed by atoms with Gasteiger partial charge in [0.25, 0.3) is 0 Å². The number of aromatic nitrogens is 1. The molecule has 0 amide bonds. The van der Waals surface area contributed by atoms with Gasteiger partial charge in [0.15, 0.2) is 5.76 Å². The Morgan fingerprint density at radius 1 is 1.15 bits per heavy atom. The van der Waals surface area contributed by atoms with Crippen molar-refractivity contribution < 1.29 is 4.52 Å². The summed E-state index contributed by atoms with van der Waals surface area (Å²) in [6.45, 7) is 15.9. The number of anilines is 1. The Morgan fingerprint density at radius 3 is 2.62 bits per heavy atom. The lowest BCUT2D eigenvalue weighted by molar-refractivity contribution is 0.255. The third-order valence-corrected chi connectivity index (χ3v) is 5.36. The summed E-state index contributed by atoms with van der Waals surface area (Å²) >= 11 is 0. The highest BCUT2D eigenvalue weighted by molar-refractivity contribution is 5.56. The SMILES string of the molecule is Cc1cccc(N2CCN(CCNCc3cc(C(C)C)no3)CC2)c1C. The first-order valence-corrected chi connectivity index (χ1v) is 9.74. The lowest BCUT2D eigenvalue weighted by Gasteiger charge is -2.37. The van der Waals surface area contributed by atoms with Gasteiger partial charge in [-0.25, -0.2) is 0 Å². The smallest absolute Gasteiger partial charge is 0.150 e. The Labute approximate surface area is 157 Å². The molecule has 2 heterocycles. The topological polar surface area (TPSA) is 44.5 Å². The molecule has 26 heavy (non-hydrogen) atoms. The number of hydrogen-bond donors (Lipinski definition) is 1. The molecule has 0 aliphatic carbocycles. The third-order valence-electron chi connectivity index (χ3n) is 5.36. The summed E-state index contributed by atoms with van der Waals surface area (Å²) in [4.78, 5) is 5.06. The number of hydrogen-bond acceptors (Lipinski definition) is 5. The van der Waals surface area contributed by atoms with E-state index < -0.39 is 0 Å². The first-order valence-electron chi connectivity index (χ1n) is 9.74. The van der Waals surface area contributed by atoms with E-state index >= 15 is 0 Å². The fourth-order valence-electron chi connectivity index (χ4n) is 3.42. The zero-order valence-corrected chi connectivity index (χ0v) is 16.6. The van der Waals surface area contributed by atoms with Crippen molar-refractivity contribution in [2.75, 3.05) is 44.2 Å². The standard InChI is InChI=1S/C21H32N4O/c1-16(2)20-14-19(26-23-20)15-22-8-9-24-10-12-25(13-11-24)21-7-5-6-17(3)18(21)4/h5-7,14,16,22H,8-13,15H2,1-4H3. The lowest BCUT2D eigenvalue weighted by Crippen LogP contribution is -2.48. The van der Waals surface area contributed by atoms with Crippen molar-refractivity contribution in [2.24, 2.45) is 0 Å². The molecule has 1 aromatic carbocycles. The monoisotopic (exact) mass is 356 g/mol. The van der Waals surface area contributed by atoms with Crippen LogP contribution in [0.5, 0.6) is 0 Å². The van der Waals surface area contributed by atoms with E-state index in [4.69, 9.17) is 4.52 Å². The molecule has 0 spiro atoms. The molecule has 1 aliphatic rings. The Kier molecular flexibility index (Phi) is 6.33. The molecule has 5 nitrogen and oxygen atoms in total. The van der Waals surface area contributed by atoms with E-state index in [1.54, 1.807) is 0 Å². The number of piperazine rings is 1. The number of aryl methyl sites for hydroxylation is 1. The van der Waals surface area contributed by atoms with E-state index in [2.05, 4.69) is 72.2 Å². The predicted molar refractivity (Wildman–Crippen MR) is 107 cm³/mol. The minimum absolute atomic E-state index is 0.417. The van der Waals surface area contributed by atoms with Crippen LogP contribution in [0.2, 0.25) is 0 Å². The largest absolute Gasteiger partial charge is 0.369 e. The maximum Gasteiger partial charge on any atom is 0.150 e. The van der Waals surface area contributed by atoms with Crippen LogP contribution in [0.3, 0.4) is 0 Å². The molecule has 0 bridgehead atoms. The molecular formula is C21H32N4O. The van der Waals surface area contributed by atoms with Gasteiger partial charge in [0.2, 0.25) is 0 Å². The molecule has 0 radical (unpaired) electrons. The van der Waals surface area contributed by atoms with E-state index in [1.807, 2.05) is 0 Å². The van der Waals surface area contributed by atoms with Crippen molar-refractivity contribution in [1.82, 2.24) is 15.4 Å². The average molecular weight is 357 g/mol. The van der Waals surface area contributed by atoms with Gasteiger partial charge in [0, 0.05) is 51.0 Å². The van der Waals surface area contributed by atoms with Crippen LogP contribution in [-0.4, -0.2) is 49.3 Å². The first-order chi connectivity index (χ1) is 12.5. The molecular weight excluding hydrogens is 324 g/mol. The van der Waals surface area contributed by atoms with Gasteiger partial charge in [0.05, 0.1) is 12.2 Å². The van der Waals surface area contributed by atoms with Crippen LogP contribution in [0, 0.1) is 13.8 Å². The summed E-state index contributed by atoms with van der Waals surface area (Å²) in [5.41, 5.74) is 5.22. The van der Waals surface area contributed by atoms with Crippen LogP contribution in [0.25, 0.3) is 0 Å². The van der Waals surface area contributed by atoms with Crippen LogP contribution < -0.4 is 10.2 Å². The van der Waals surface area contributed by atoms with E-state index in [0.29, 0.717) is 5.92 Å². The quantitative estimate of drug-likeness (QED) is 0.771. The molecule has 142 valence electrons. The van der Waals surface area contributed by atoms with Crippen LogP contribution in [0.1, 0.15) is 42.3 Å².